The molecule has 3 N–H and O–H groups in total. The number of carbonyl (C=O) groups is 1. The van der Waals surface area contributed by atoms with E-state index in [1.54, 1.807) is 0 Å². The summed E-state index contributed by atoms with van der Waals surface area (Å²) >= 11 is 6.29. The molecule has 0 aromatic heterocycles. The number of hydrogen-bond acceptors (Lipinski definition) is 4. The molecule has 166 valence electrons. The summed E-state index contributed by atoms with van der Waals surface area (Å²) in [5, 5.41) is 3.07. The molecular formula is C25H26ClFN4O. The first-order valence-electron chi connectivity index (χ1n) is 10.5. The Balaban J connectivity index is 1.73. The summed E-state index contributed by atoms with van der Waals surface area (Å²) in [5.74, 6) is -1.03. The van der Waals surface area contributed by atoms with Crippen LogP contribution in [-0.2, 0) is 0 Å². The number of benzene rings is 3. The SMILES string of the molecule is Cc1c(F)c(N)cc(C(=O)Nc2cc(-c3ccccc3)ccc2N2CCN(C)CC2)c1Cl. The number of carbonyl (C=O) groups excluding carboxylic acids is 1. The average Bonchev–Trinajstić information content (AvgIpc) is 2.81. The van der Waals surface area contributed by atoms with Crippen molar-refractivity contribution in [3.05, 3.63) is 76.6 Å². The molecule has 3 aromatic carbocycles. The standard InChI is InChI=1S/C25H26ClFN4O/c1-16-23(26)19(15-20(28)24(16)27)25(32)29-21-14-18(17-6-4-3-5-7-17)8-9-22(21)31-12-10-30(2)11-13-31/h3-9,14-15H,10-13,28H2,1-2H3,(H,29,32). The Morgan fingerprint density at radius 1 is 1.03 bits per heavy atom. The number of piperazine rings is 1. The molecule has 0 radical (unpaired) electrons. The molecule has 0 saturated carbocycles. The number of likely N-dealkylation sites (N-methyl/N-ethyl adjacent to an activating group) is 1. The number of rotatable bonds is 4. The summed E-state index contributed by atoms with van der Waals surface area (Å²) in [4.78, 5) is 17.7. The number of halogens is 2. The molecule has 0 bridgehead atoms. The zero-order valence-electron chi connectivity index (χ0n) is 18.2. The van der Waals surface area contributed by atoms with Crippen LogP contribution in [0.2, 0.25) is 5.02 Å². The van der Waals surface area contributed by atoms with Gasteiger partial charge in [-0.05, 0) is 43.3 Å². The number of nitrogens with zero attached hydrogens (tertiary/aromatic N) is 2. The summed E-state index contributed by atoms with van der Waals surface area (Å²) in [6, 6.07) is 17.3. The largest absolute Gasteiger partial charge is 0.396 e. The van der Waals surface area contributed by atoms with Crippen molar-refractivity contribution in [2.24, 2.45) is 0 Å². The third-order valence-corrected chi connectivity index (χ3v) is 6.38. The predicted octanol–water partition coefficient (Wildman–Crippen LogP) is 5.04. The lowest BCUT2D eigenvalue weighted by molar-refractivity contribution is 0.102. The zero-order valence-corrected chi connectivity index (χ0v) is 18.9. The quantitative estimate of drug-likeness (QED) is 0.544. The third-order valence-electron chi connectivity index (χ3n) is 5.89. The predicted molar refractivity (Wildman–Crippen MR) is 130 cm³/mol. The molecule has 0 spiro atoms. The van der Waals surface area contributed by atoms with Gasteiger partial charge in [-0.25, -0.2) is 4.39 Å². The van der Waals surface area contributed by atoms with Gasteiger partial charge in [0.1, 0.15) is 0 Å². The Bertz CT molecular complexity index is 1140. The monoisotopic (exact) mass is 452 g/mol. The molecule has 32 heavy (non-hydrogen) atoms. The van der Waals surface area contributed by atoms with Crippen molar-refractivity contribution in [3.8, 4) is 11.1 Å². The van der Waals surface area contributed by atoms with Gasteiger partial charge in [0.2, 0.25) is 0 Å². The third kappa shape index (κ3) is 4.42. The highest BCUT2D eigenvalue weighted by Gasteiger charge is 2.22. The minimum absolute atomic E-state index is 0.0644. The molecule has 3 aromatic rings. The molecule has 1 fully saturated rings. The van der Waals surface area contributed by atoms with Gasteiger partial charge in [0.15, 0.2) is 5.82 Å². The molecular weight excluding hydrogens is 427 g/mol. The summed E-state index contributed by atoms with van der Waals surface area (Å²) in [7, 11) is 2.10. The minimum atomic E-state index is -0.601. The van der Waals surface area contributed by atoms with Crippen LogP contribution in [0.1, 0.15) is 15.9 Å². The van der Waals surface area contributed by atoms with Gasteiger partial charge in [0.05, 0.1) is 27.6 Å². The molecule has 4 rings (SSSR count). The first kappa shape index (κ1) is 22.1. The molecule has 0 unspecified atom stereocenters. The van der Waals surface area contributed by atoms with E-state index < -0.39 is 11.7 Å². The van der Waals surface area contributed by atoms with Crippen LogP contribution in [0.3, 0.4) is 0 Å². The number of nitrogens with one attached hydrogen (secondary N) is 1. The van der Waals surface area contributed by atoms with E-state index in [0.29, 0.717) is 5.69 Å². The van der Waals surface area contributed by atoms with E-state index in [1.165, 1.54) is 13.0 Å². The fraction of sp³-hybridized carbons (Fsp3) is 0.240. The normalized spacial score (nSPS) is 14.4. The Morgan fingerprint density at radius 3 is 2.41 bits per heavy atom. The van der Waals surface area contributed by atoms with Crippen LogP contribution < -0.4 is 16.0 Å². The molecule has 1 amide bonds. The lowest BCUT2D eigenvalue weighted by Gasteiger charge is -2.35. The van der Waals surface area contributed by atoms with E-state index >= 15 is 0 Å². The van der Waals surface area contributed by atoms with Crippen LogP contribution in [0.4, 0.5) is 21.5 Å². The zero-order chi connectivity index (χ0) is 22.8. The van der Waals surface area contributed by atoms with Gasteiger partial charge in [-0.1, -0.05) is 48.0 Å². The Morgan fingerprint density at radius 2 is 1.72 bits per heavy atom. The lowest BCUT2D eigenvalue weighted by Crippen LogP contribution is -2.44. The average molecular weight is 453 g/mol. The summed E-state index contributed by atoms with van der Waals surface area (Å²) in [6.07, 6.45) is 0. The van der Waals surface area contributed by atoms with Crippen molar-refractivity contribution >= 4 is 34.6 Å². The first-order valence-corrected chi connectivity index (χ1v) is 10.9. The van der Waals surface area contributed by atoms with E-state index in [2.05, 4.69) is 28.2 Å². The number of hydrogen-bond donors (Lipinski definition) is 2. The van der Waals surface area contributed by atoms with Crippen molar-refractivity contribution in [1.82, 2.24) is 4.90 Å². The second kappa shape index (κ2) is 9.18. The van der Waals surface area contributed by atoms with Gasteiger partial charge in [-0.2, -0.15) is 0 Å². The van der Waals surface area contributed by atoms with Gasteiger partial charge < -0.3 is 20.9 Å². The van der Waals surface area contributed by atoms with Gasteiger partial charge in [-0.3, -0.25) is 4.79 Å². The van der Waals surface area contributed by atoms with Gasteiger partial charge >= 0.3 is 0 Å². The lowest BCUT2D eigenvalue weighted by atomic mass is 10.0. The van der Waals surface area contributed by atoms with Crippen LogP contribution in [0.25, 0.3) is 11.1 Å². The van der Waals surface area contributed by atoms with Crippen LogP contribution in [-0.4, -0.2) is 44.0 Å². The Hall–Kier alpha value is -3.09. The maximum Gasteiger partial charge on any atom is 0.257 e. The summed E-state index contributed by atoms with van der Waals surface area (Å²) in [5.41, 5.74) is 9.62. The highest BCUT2D eigenvalue weighted by Crippen LogP contribution is 2.34. The molecule has 1 aliphatic heterocycles. The van der Waals surface area contributed by atoms with E-state index in [4.69, 9.17) is 17.3 Å². The first-order chi connectivity index (χ1) is 15.3. The highest BCUT2D eigenvalue weighted by atomic mass is 35.5. The maximum absolute atomic E-state index is 14.1. The summed E-state index contributed by atoms with van der Waals surface area (Å²) < 4.78 is 14.1. The van der Waals surface area contributed by atoms with Crippen molar-refractivity contribution in [1.29, 1.82) is 0 Å². The van der Waals surface area contributed by atoms with Crippen molar-refractivity contribution < 1.29 is 9.18 Å². The summed E-state index contributed by atoms with van der Waals surface area (Å²) in [6.45, 7) is 5.10. The van der Waals surface area contributed by atoms with E-state index in [1.807, 2.05) is 42.5 Å². The van der Waals surface area contributed by atoms with Crippen LogP contribution in [0.5, 0.6) is 0 Å². The van der Waals surface area contributed by atoms with Crippen LogP contribution in [0, 0.1) is 12.7 Å². The van der Waals surface area contributed by atoms with E-state index in [0.717, 1.165) is 43.0 Å². The number of anilines is 3. The van der Waals surface area contributed by atoms with E-state index in [9.17, 15) is 9.18 Å². The molecule has 1 saturated heterocycles. The Kier molecular flexibility index (Phi) is 6.35. The van der Waals surface area contributed by atoms with Crippen LogP contribution in [0.15, 0.2) is 54.6 Å². The molecule has 7 heteroatoms. The van der Waals surface area contributed by atoms with Crippen molar-refractivity contribution in [3.63, 3.8) is 0 Å². The van der Waals surface area contributed by atoms with Gasteiger partial charge in [0, 0.05) is 31.7 Å². The fourth-order valence-corrected chi connectivity index (χ4v) is 4.14. The van der Waals surface area contributed by atoms with Crippen molar-refractivity contribution in [2.75, 3.05) is 49.2 Å². The second-order valence-electron chi connectivity index (χ2n) is 8.11. The maximum atomic E-state index is 14.1. The molecule has 5 nitrogen and oxygen atoms in total. The Labute approximate surface area is 192 Å². The molecule has 1 aliphatic rings. The molecule has 0 atom stereocenters. The number of nitrogens with two attached hydrogens (primary N) is 1. The minimum Gasteiger partial charge on any atom is -0.396 e. The van der Waals surface area contributed by atoms with E-state index in [-0.39, 0.29) is 21.8 Å². The van der Waals surface area contributed by atoms with Gasteiger partial charge in [-0.15, -0.1) is 0 Å². The number of nitrogen functional groups attached to an aromatic ring is 1. The van der Waals surface area contributed by atoms with Crippen LogP contribution >= 0.6 is 11.6 Å². The topological polar surface area (TPSA) is 61.6 Å². The smallest absolute Gasteiger partial charge is 0.257 e. The fourth-order valence-electron chi connectivity index (χ4n) is 3.92. The second-order valence-corrected chi connectivity index (χ2v) is 8.49. The molecule has 1 heterocycles. The highest BCUT2D eigenvalue weighted by molar-refractivity contribution is 6.35. The van der Waals surface area contributed by atoms with Crippen molar-refractivity contribution in [2.45, 2.75) is 6.92 Å². The number of amides is 1. The van der Waals surface area contributed by atoms with Gasteiger partial charge in [0.25, 0.3) is 5.91 Å². The molecule has 0 aliphatic carbocycles.